The number of amides is 2. The van der Waals surface area contributed by atoms with Crippen molar-refractivity contribution < 1.29 is 14.0 Å². The molecule has 8 heteroatoms. The van der Waals surface area contributed by atoms with Crippen molar-refractivity contribution in [1.82, 2.24) is 19.6 Å². The van der Waals surface area contributed by atoms with E-state index in [1.165, 1.54) is 19.1 Å². The van der Waals surface area contributed by atoms with Crippen molar-refractivity contribution in [2.75, 3.05) is 38.0 Å². The number of hydrogen-bond acceptors (Lipinski definition) is 5. The topological polar surface area (TPSA) is 83.6 Å². The van der Waals surface area contributed by atoms with Gasteiger partial charge in [0.1, 0.15) is 5.82 Å². The van der Waals surface area contributed by atoms with Crippen LogP contribution in [0.5, 0.6) is 0 Å². The van der Waals surface area contributed by atoms with Gasteiger partial charge >= 0.3 is 0 Å². The van der Waals surface area contributed by atoms with Gasteiger partial charge in [-0.05, 0) is 37.1 Å². The predicted octanol–water partition coefficient (Wildman–Crippen LogP) is 3.52. The van der Waals surface area contributed by atoms with Gasteiger partial charge in [0.2, 0.25) is 5.91 Å². The van der Waals surface area contributed by atoms with Crippen LogP contribution in [0.25, 0.3) is 5.69 Å². The molecule has 3 heterocycles. The summed E-state index contributed by atoms with van der Waals surface area (Å²) in [6, 6.07) is 15.3. The lowest BCUT2D eigenvalue weighted by atomic mass is 10.0. The fourth-order valence-electron chi connectivity index (χ4n) is 4.73. The van der Waals surface area contributed by atoms with E-state index in [0.717, 1.165) is 24.2 Å². The van der Waals surface area contributed by atoms with Crippen molar-refractivity contribution in [2.24, 2.45) is 0 Å². The Morgan fingerprint density at radius 2 is 1.76 bits per heavy atom. The molecule has 3 aromatic rings. The van der Waals surface area contributed by atoms with Crippen molar-refractivity contribution in [1.29, 1.82) is 0 Å². The maximum atomic E-state index is 12.9. The fraction of sp³-hybridized carbons (Fsp3) is 0.400. The number of piperazine rings is 1. The number of benzene rings is 1. The number of rotatable bonds is 6. The van der Waals surface area contributed by atoms with Crippen LogP contribution in [0.4, 0.5) is 5.82 Å². The Morgan fingerprint density at radius 1 is 1.00 bits per heavy atom. The molecule has 0 unspecified atom stereocenters. The quantitative estimate of drug-likeness (QED) is 0.625. The second-order valence-corrected chi connectivity index (χ2v) is 8.78. The number of hydrogen-bond donors (Lipinski definition) is 1. The van der Waals surface area contributed by atoms with E-state index in [4.69, 9.17) is 9.52 Å². The van der Waals surface area contributed by atoms with Crippen LogP contribution >= 0.6 is 0 Å². The summed E-state index contributed by atoms with van der Waals surface area (Å²) < 4.78 is 7.05. The lowest BCUT2D eigenvalue weighted by Gasteiger charge is -2.33. The van der Waals surface area contributed by atoms with Gasteiger partial charge in [0, 0.05) is 38.2 Å². The first kappa shape index (κ1) is 21.5. The van der Waals surface area contributed by atoms with Gasteiger partial charge in [-0.15, -0.1) is 0 Å². The monoisotopic (exact) mass is 447 g/mol. The average molecular weight is 448 g/mol. The highest BCUT2D eigenvalue weighted by atomic mass is 16.3. The van der Waals surface area contributed by atoms with E-state index < -0.39 is 0 Å². The molecule has 1 saturated heterocycles. The van der Waals surface area contributed by atoms with Gasteiger partial charge in [-0.25, -0.2) is 4.68 Å². The maximum Gasteiger partial charge on any atom is 0.289 e. The van der Waals surface area contributed by atoms with E-state index in [1.54, 1.807) is 17.0 Å². The van der Waals surface area contributed by atoms with Crippen molar-refractivity contribution in [3.8, 4) is 5.69 Å². The maximum absolute atomic E-state index is 12.9. The first-order valence-corrected chi connectivity index (χ1v) is 11.7. The van der Waals surface area contributed by atoms with Gasteiger partial charge in [-0.1, -0.05) is 31.0 Å². The zero-order valence-electron chi connectivity index (χ0n) is 18.7. The minimum absolute atomic E-state index is 0.0733. The summed E-state index contributed by atoms with van der Waals surface area (Å²) in [6.07, 6.45) is 6.28. The van der Waals surface area contributed by atoms with E-state index in [9.17, 15) is 9.59 Å². The molecule has 2 fully saturated rings. The number of para-hydroxylation sites is 1. The molecule has 0 radical (unpaired) electrons. The number of aromatic nitrogens is 2. The Morgan fingerprint density at radius 3 is 2.45 bits per heavy atom. The van der Waals surface area contributed by atoms with Gasteiger partial charge < -0.3 is 14.6 Å². The summed E-state index contributed by atoms with van der Waals surface area (Å²) >= 11 is 0. The number of nitrogens with one attached hydrogen (secondary N) is 1. The van der Waals surface area contributed by atoms with Gasteiger partial charge in [-0.2, -0.15) is 5.10 Å². The summed E-state index contributed by atoms with van der Waals surface area (Å²) in [6.45, 7) is 2.71. The van der Waals surface area contributed by atoms with E-state index in [-0.39, 0.29) is 18.4 Å². The zero-order chi connectivity index (χ0) is 22.6. The molecule has 2 amide bonds. The average Bonchev–Trinajstić information content (AvgIpc) is 3.61. The highest BCUT2D eigenvalue weighted by Crippen LogP contribution is 2.35. The Balaban J connectivity index is 1.22. The largest absolute Gasteiger partial charge is 0.459 e. The van der Waals surface area contributed by atoms with Crippen molar-refractivity contribution in [3.05, 3.63) is 66.2 Å². The molecule has 1 N–H and O–H groups in total. The third kappa shape index (κ3) is 4.85. The van der Waals surface area contributed by atoms with E-state index in [2.05, 4.69) is 10.2 Å². The SMILES string of the molecule is O=C(CN1CCN(C(=O)c2ccco2)CC1)Nc1cc(C2CCCC2)nn1-c1ccccc1. The smallest absolute Gasteiger partial charge is 0.289 e. The van der Waals surface area contributed by atoms with Crippen LogP contribution in [-0.4, -0.2) is 64.1 Å². The minimum atomic E-state index is -0.102. The fourth-order valence-corrected chi connectivity index (χ4v) is 4.73. The molecule has 2 aromatic heterocycles. The van der Waals surface area contributed by atoms with E-state index in [0.29, 0.717) is 43.7 Å². The lowest BCUT2D eigenvalue weighted by molar-refractivity contribution is -0.117. The van der Waals surface area contributed by atoms with Crippen LogP contribution in [0.15, 0.2) is 59.2 Å². The Labute approximate surface area is 193 Å². The van der Waals surface area contributed by atoms with Crippen LogP contribution in [0, 0.1) is 0 Å². The van der Waals surface area contributed by atoms with Gasteiger partial charge in [-0.3, -0.25) is 14.5 Å². The summed E-state index contributed by atoms with van der Waals surface area (Å²) in [4.78, 5) is 29.2. The molecule has 8 nitrogen and oxygen atoms in total. The highest BCUT2D eigenvalue weighted by Gasteiger charge is 2.26. The van der Waals surface area contributed by atoms with Crippen molar-refractivity contribution in [3.63, 3.8) is 0 Å². The van der Waals surface area contributed by atoms with Crippen LogP contribution in [-0.2, 0) is 4.79 Å². The first-order chi connectivity index (χ1) is 16.2. The van der Waals surface area contributed by atoms with Crippen LogP contribution in [0.1, 0.15) is 47.8 Å². The van der Waals surface area contributed by atoms with Crippen LogP contribution in [0.2, 0.25) is 0 Å². The summed E-state index contributed by atoms with van der Waals surface area (Å²) in [5.74, 6) is 1.35. The summed E-state index contributed by atoms with van der Waals surface area (Å²) in [5, 5.41) is 7.93. The molecule has 0 bridgehead atoms. The number of anilines is 1. The Bertz CT molecular complexity index is 1080. The van der Waals surface area contributed by atoms with Crippen molar-refractivity contribution >= 4 is 17.6 Å². The molecular formula is C25H29N5O3. The van der Waals surface area contributed by atoms with Gasteiger partial charge in [0.25, 0.3) is 5.91 Å². The van der Waals surface area contributed by atoms with Crippen LogP contribution < -0.4 is 5.32 Å². The number of furan rings is 1. The number of carbonyl (C=O) groups excluding carboxylic acids is 2. The molecule has 0 atom stereocenters. The highest BCUT2D eigenvalue weighted by molar-refractivity contribution is 5.92. The Hall–Kier alpha value is -3.39. The molecule has 5 rings (SSSR count). The summed E-state index contributed by atoms with van der Waals surface area (Å²) in [5.41, 5.74) is 1.99. The normalized spacial score (nSPS) is 17.4. The Kier molecular flexibility index (Phi) is 6.26. The number of nitrogens with zero attached hydrogens (tertiary/aromatic N) is 4. The standard InChI is InChI=1S/C25H29N5O3/c31-24(18-28-12-14-29(15-13-28)25(32)22-11-6-16-33-22)26-23-17-21(19-7-4-5-8-19)27-30(23)20-9-2-1-3-10-20/h1-3,6,9-11,16-17,19H,4-5,7-8,12-15,18H2,(H,26,31). The predicted molar refractivity (Wildman–Crippen MR) is 124 cm³/mol. The molecule has 1 aliphatic heterocycles. The first-order valence-electron chi connectivity index (χ1n) is 11.7. The van der Waals surface area contributed by atoms with E-state index in [1.807, 2.05) is 41.1 Å². The molecule has 2 aliphatic rings. The lowest BCUT2D eigenvalue weighted by Crippen LogP contribution is -2.50. The molecule has 172 valence electrons. The molecular weight excluding hydrogens is 418 g/mol. The third-order valence-electron chi connectivity index (χ3n) is 6.53. The molecule has 1 saturated carbocycles. The van der Waals surface area contributed by atoms with Crippen LogP contribution in [0.3, 0.4) is 0 Å². The van der Waals surface area contributed by atoms with Crippen molar-refractivity contribution in [2.45, 2.75) is 31.6 Å². The second-order valence-electron chi connectivity index (χ2n) is 8.78. The second kappa shape index (κ2) is 9.62. The minimum Gasteiger partial charge on any atom is -0.459 e. The number of carbonyl (C=O) groups is 2. The molecule has 1 aliphatic carbocycles. The third-order valence-corrected chi connectivity index (χ3v) is 6.53. The summed E-state index contributed by atoms with van der Waals surface area (Å²) in [7, 11) is 0. The van der Waals surface area contributed by atoms with Gasteiger partial charge in [0.15, 0.2) is 5.76 Å². The molecule has 33 heavy (non-hydrogen) atoms. The van der Waals surface area contributed by atoms with E-state index >= 15 is 0 Å². The zero-order valence-corrected chi connectivity index (χ0v) is 18.7. The molecule has 0 spiro atoms. The molecule has 1 aromatic carbocycles. The van der Waals surface area contributed by atoms with Gasteiger partial charge in [0.05, 0.1) is 24.2 Å².